The normalized spacial score (nSPS) is 33.7. The Labute approximate surface area is 270 Å². The maximum Gasteiger partial charge on any atom is 0.191 e. The van der Waals surface area contributed by atoms with Crippen LogP contribution >= 0.6 is 0 Å². The number of rotatable bonds is 13. The minimum absolute atomic E-state index is 0.00242. The lowest BCUT2D eigenvalue weighted by Crippen LogP contribution is -2.44. The molecule has 250 valence electrons. The van der Waals surface area contributed by atoms with E-state index in [1.54, 1.807) is 0 Å². The van der Waals surface area contributed by atoms with Crippen molar-refractivity contribution in [1.29, 1.82) is 0 Å². The fourth-order valence-electron chi connectivity index (χ4n) is 8.56. The van der Waals surface area contributed by atoms with Gasteiger partial charge >= 0.3 is 0 Å². The van der Waals surface area contributed by atoms with Crippen LogP contribution in [-0.2, 0) is 23.4 Å². The molecule has 2 aliphatic heterocycles. The van der Waals surface area contributed by atoms with Gasteiger partial charge in [-0.1, -0.05) is 52.2 Å². The predicted molar refractivity (Wildman–Crippen MR) is 181 cm³/mol. The Hall–Kier alpha value is -0.723. The molecule has 5 rings (SSSR count). The van der Waals surface area contributed by atoms with Gasteiger partial charge in [0.05, 0.1) is 12.7 Å². The van der Waals surface area contributed by atoms with E-state index < -0.39 is 8.32 Å². The van der Waals surface area contributed by atoms with Crippen LogP contribution in [0.5, 0.6) is 0 Å². The quantitative estimate of drug-likeness (QED) is 0.0879. The summed E-state index contributed by atoms with van der Waals surface area (Å²) < 4.78 is 31.9. The van der Waals surface area contributed by atoms with Gasteiger partial charge in [0, 0.05) is 30.8 Å². The highest BCUT2D eigenvalue weighted by molar-refractivity contribution is 6.74. The van der Waals surface area contributed by atoms with Crippen molar-refractivity contribution >= 4 is 8.32 Å². The number of fused-ring (bicyclic) bond motifs is 1. The molecule has 5 aliphatic rings. The predicted octanol–water partition coefficient (Wildman–Crippen LogP) is 9.88. The van der Waals surface area contributed by atoms with Crippen LogP contribution in [0.15, 0.2) is 29.5 Å². The minimum atomic E-state index is -1.67. The van der Waals surface area contributed by atoms with Crippen molar-refractivity contribution in [2.75, 3.05) is 26.4 Å². The Bertz CT molecular complexity index is 976. The van der Waals surface area contributed by atoms with Gasteiger partial charge in [-0.25, -0.2) is 0 Å². The van der Waals surface area contributed by atoms with E-state index in [9.17, 15) is 0 Å². The molecule has 3 saturated carbocycles. The van der Waals surface area contributed by atoms with Crippen molar-refractivity contribution in [3.05, 3.63) is 29.5 Å². The van der Waals surface area contributed by atoms with E-state index in [-0.39, 0.29) is 29.1 Å². The SMILES string of the molecule is CC(C)(C)[Si](C)(C)OCCCCC=C=C1C(OC2CCCCO2)[C@](C=CCOC2CCCCO2)(C2CCCC2)[C@@H]2CCC[C@H]12. The summed E-state index contributed by atoms with van der Waals surface area (Å²) in [5, 5.41) is 0.269. The summed E-state index contributed by atoms with van der Waals surface area (Å²) in [4.78, 5) is 0. The Balaban J connectivity index is 1.34. The van der Waals surface area contributed by atoms with Crippen molar-refractivity contribution in [3.63, 3.8) is 0 Å². The highest BCUT2D eigenvalue weighted by Gasteiger charge is 2.62. The van der Waals surface area contributed by atoms with Gasteiger partial charge in [0.25, 0.3) is 0 Å². The van der Waals surface area contributed by atoms with E-state index >= 15 is 0 Å². The second-order valence-corrected chi connectivity index (χ2v) is 20.7. The summed E-state index contributed by atoms with van der Waals surface area (Å²) in [5.74, 6) is 1.83. The molecular formula is C38H64O5Si. The lowest BCUT2D eigenvalue weighted by atomic mass is 9.64. The Morgan fingerprint density at radius 3 is 2.25 bits per heavy atom. The second kappa shape index (κ2) is 15.9. The van der Waals surface area contributed by atoms with E-state index in [1.807, 2.05) is 0 Å². The van der Waals surface area contributed by atoms with Crippen molar-refractivity contribution < 1.29 is 23.4 Å². The summed E-state index contributed by atoms with van der Waals surface area (Å²) >= 11 is 0. The summed E-state index contributed by atoms with van der Waals surface area (Å²) in [6, 6.07) is 0. The molecule has 6 atom stereocenters. The molecule has 3 unspecified atom stereocenters. The third kappa shape index (κ3) is 8.22. The van der Waals surface area contributed by atoms with Crippen LogP contribution < -0.4 is 0 Å². The number of ether oxygens (including phenoxy) is 4. The van der Waals surface area contributed by atoms with Crippen LogP contribution in [0.25, 0.3) is 0 Å². The zero-order valence-electron chi connectivity index (χ0n) is 28.9. The average Bonchev–Trinajstić information content (AvgIpc) is 3.76. The zero-order chi connectivity index (χ0) is 31.0. The van der Waals surface area contributed by atoms with Crippen LogP contribution in [0.4, 0.5) is 0 Å². The molecule has 0 amide bonds. The summed E-state index contributed by atoms with van der Waals surface area (Å²) in [6.07, 6.45) is 26.3. The number of hydrogen-bond donors (Lipinski definition) is 0. The molecule has 0 radical (unpaired) electrons. The molecular weight excluding hydrogens is 564 g/mol. The van der Waals surface area contributed by atoms with Crippen molar-refractivity contribution in [3.8, 4) is 0 Å². The first-order valence-corrected chi connectivity index (χ1v) is 21.4. The molecule has 2 saturated heterocycles. The van der Waals surface area contributed by atoms with Gasteiger partial charge in [0.2, 0.25) is 0 Å². The third-order valence-electron chi connectivity index (χ3n) is 12.0. The molecule has 3 aliphatic carbocycles. The largest absolute Gasteiger partial charge is 0.417 e. The molecule has 5 fully saturated rings. The topological polar surface area (TPSA) is 46.2 Å². The first kappa shape index (κ1) is 34.6. The number of unbranched alkanes of at least 4 members (excludes halogenated alkanes) is 2. The van der Waals surface area contributed by atoms with Gasteiger partial charge < -0.3 is 23.4 Å². The maximum absolute atomic E-state index is 7.17. The standard InChI is InChI=1S/C38H64O5Si/c1-37(2,3)44(4,5)42-29-13-7-6-8-20-32-31-21-16-22-33(31)38(30-18-9-10-19-30,36(32)43-35-24-12-15-27-41-35)25-17-28-40-34-23-11-14-26-39-34/h8,17,25,30-31,33-36H,6-7,9-16,18-19,21-24,26-29H2,1-5H3/t20?,31-,33-,34?,35?,36?,38-/m1/s1. The second-order valence-electron chi connectivity index (χ2n) is 15.9. The van der Waals surface area contributed by atoms with E-state index in [0.29, 0.717) is 24.4 Å². The summed E-state index contributed by atoms with van der Waals surface area (Å²) in [6.45, 7) is 14.8. The van der Waals surface area contributed by atoms with Crippen molar-refractivity contribution in [2.45, 2.75) is 160 Å². The van der Waals surface area contributed by atoms with Crippen molar-refractivity contribution in [1.82, 2.24) is 0 Å². The van der Waals surface area contributed by atoms with Crippen LogP contribution in [0.2, 0.25) is 18.1 Å². The molecule has 6 heteroatoms. The van der Waals surface area contributed by atoms with E-state index in [1.165, 1.54) is 63.4 Å². The summed E-state index contributed by atoms with van der Waals surface area (Å²) in [5.41, 5.74) is 5.38. The lowest BCUT2D eigenvalue weighted by Gasteiger charge is -2.44. The van der Waals surface area contributed by atoms with E-state index in [0.717, 1.165) is 64.8 Å². The van der Waals surface area contributed by atoms with Crippen LogP contribution in [0.1, 0.15) is 124 Å². The Kier molecular flexibility index (Phi) is 12.5. The molecule has 0 bridgehead atoms. The van der Waals surface area contributed by atoms with Gasteiger partial charge in [-0.3, -0.25) is 0 Å². The first-order chi connectivity index (χ1) is 21.2. The molecule has 0 spiro atoms. The molecule has 0 aromatic carbocycles. The maximum atomic E-state index is 7.17. The fraction of sp³-hybridized carbons (Fsp3) is 0.868. The molecule has 0 aromatic rings. The first-order valence-electron chi connectivity index (χ1n) is 18.5. The summed E-state index contributed by atoms with van der Waals surface area (Å²) in [7, 11) is -1.67. The molecule has 5 nitrogen and oxygen atoms in total. The van der Waals surface area contributed by atoms with E-state index in [4.69, 9.17) is 23.4 Å². The Morgan fingerprint density at radius 2 is 1.57 bits per heavy atom. The third-order valence-corrected chi connectivity index (χ3v) is 16.5. The lowest BCUT2D eigenvalue weighted by molar-refractivity contribution is -0.202. The molecule has 44 heavy (non-hydrogen) atoms. The van der Waals surface area contributed by atoms with E-state index in [2.05, 4.69) is 57.8 Å². The average molecular weight is 629 g/mol. The highest BCUT2D eigenvalue weighted by atomic mass is 28.4. The van der Waals surface area contributed by atoms with Crippen LogP contribution in [0.3, 0.4) is 0 Å². The van der Waals surface area contributed by atoms with Gasteiger partial charge in [-0.05, 0) is 125 Å². The van der Waals surface area contributed by atoms with Gasteiger partial charge in [0.15, 0.2) is 20.9 Å². The number of hydrogen-bond acceptors (Lipinski definition) is 5. The zero-order valence-corrected chi connectivity index (χ0v) is 29.9. The van der Waals surface area contributed by atoms with Crippen molar-refractivity contribution in [2.24, 2.45) is 23.2 Å². The van der Waals surface area contributed by atoms with Gasteiger partial charge in [0.1, 0.15) is 0 Å². The minimum Gasteiger partial charge on any atom is -0.417 e. The fourth-order valence-corrected chi connectivity index (χ4v) is 9.65. The van der Waals surface area contributed by atoms with Gasteiger partial charge in [-0.15, -0.1) is 5.73 Å². The highest BCUT2D eigenvalue weighted by Crippen LogP contribution is 2.64. The molecule has 2 heterocycles. The molecule has 0 N–H and O–H groups in total. The molecule has 0 aromatic heterocycles. The van der Waals surface area contributed by atoms with Crippen LogP contribution in [0, 0.1) is 23.2 Å². The van der Waals surface area contributed by atoms with Gasteiger partial charge in [-0.2, -0.15) is 0 Å². The smallest absolute Gasteiger partial charge is 0.191 e. The van der Waals surface area contributed by atoms with Crippen LogP contribution in [-0.4, -0.2) is 53.4 Å². The Morgan fingerprint density at radius 1 is 0.864 bits per heavy atom. The monoisotopic (exact) mass is 628 g/mol.